The molecule has 8 heavy (non-hydrogen) atoms. The van der Waals surface area contributed by atoms with Crippen molar-refractivity contribution in [2.45, 2.75) is 13.0 Å². The normalized spacial score (nSPS) is 27.2. The summed E-state index contributed by atoms with van der Waals surface area (Å²) in [5.74, 6) is 0.604. The van der Waals surface area contributed by atoms with E-state index in [9.17, 15) is 4.39 Å². The topological polar surface area (TPSA) is 21.6 Å². The standard InChI is InChI=1S/C5H8FNO/c1-4-7-5(2-6)3-8-4/h5H,2-3H2,1H3. The first-order chi connectivity index (χ1) is 3.83. The summed E-state index contributed by atoms with van der Waals surface area (Å²) < 4.78 is 16.6. The lowest BCUT2D eigenvalue weighted by Crippen LogP contribution is -2.07. The van der Waals surface area contributed by atoms with E-state index < -0.39 is 6.67 Å². The van der Waals surface area contributed by atoms with E-state index in [0.29, 0.717) is 12.5 Å². The maximum absolute atomic E-state index is 11.7. The number of ether oxygens (including phenoxy) is 1. The molecule has 1 heterocycles. The molecule has 0 fully saturated rings. The van der Waals surface area contributed by atoms with Crippen molar-refractivity contribution in [1.82, 2.24) is 0 Å². The molecule has 0 spiro atoms. The average molecular weight is 117 g/mol. The Kier molecular flexibility index (Phi) is 1.46. The van der Waals surface area contributed by atoms with Gasteiger partial charge in [0.05, 0.1) is 0 Å². The van der Waals surface area contributed by atoms with E-state index in [1.165, 1.54) is 0 Å². The van der Waals surface area contributed by atoms with Crippen molar-refractivity contribution < 1.29 is 9.13 Å². The monoisotopic (exact) mass is 117 g/mol. The fraction of sp³-hybridized carbons (Fsp3) is 0.800. The van der Waals surface area contributed by atoms with Gasteiger partial charge in [-0.3, -0.25) is 0 Å². The van der Waals surface area contributed by atoms with Crippen LogP contribution >= 0.6 is 0 Å². The Hall–Kier alpha value is -0.600. The zero-order chi connectivity index (χ0) is 5.98. The Labute approximate surface area is 47.4 Å². The number of rotatable bonds is 1. The molecule has 0 saturated carbocycles. The lowest BCUT2D eigenvalue weighted by atomic mass is 10.4. The highest BCUT2D eigenvalue weighted by Gasteiger charge is 2.13. The first-order valence-corrected chi connectivity index (χ1v) is 2.56. The van der Waals surface area contributed by atoms with E-state index >= 15 is 0 Å². The van der Waals surface area contributed by atoms with Crippen LogP contribution in [0.25, 0.3) is 0 Å². The molecule has 0 amide bonds. The minimum absolute atomic E-state index is 0.227. The summed E-state index contributed by atoms with van der Waals surface area (Å²) in [7, 11) is 0. The van der Waals surface area contributed by atoms with Gasteiger partial charge in [-0.25, -0.2) is 9.38 Å². The number of aliphatic imine (C=N–C) groups is 1. The van der Waals surface area contributed by atoms with Gasteiger partial charge in [-0.2, -0.15) is 0 Å². The van der Waals surface area contributed by atoms with Gasteiger partial charge in [0.1, 0.15) is 19.3 Å². The maximum Gasteiger partial charge on any atom is 0.180 e. The van der Waals surface area contributed by atoms with Crippen LogP contribution < -0.4 is 0 Å². The predicted molar refractivity (Wildman–Crippen MR) is 28.8 cm³/mol. The van der Waals surface area contributed by atoms with Crippen LogP contribution in [-0.2, 0) is 4.74 Å². The van der Waals surface area contributed by atoms with Crippen LogP contribution in [0.4, 0.5) is 4.39 Å². The molecule has 1 aliphatic rings. The molecule has 1 unspecified atom stereocenters. The van der Waals surface area contributed by atoms with Crippen molar-refractivity contribution in [3.05, 3.63) is 0 Å². The summed E-state index contributed by atoms with van der Waals surface area (Å²) in [4.78, 5) is 3.83. The van der Waals surface area contributed by atoms with E-state index in [4.69, 9.17) is 4.74 Å². The third kappa shape index (κ3) is 0.967. The highest BCUT2D eigenvalue weighted by atomic mass is 19.1. The van der Waals surface area contributed by atoms with Gasteiger partial charge < -0.3 is 4.74 Å². The highest BCUT2D eigenvalue weighted by Crippen LogP contribution is 2.03. The molecule has 0 aromatic rings. The van der Waals surface area contributed by atoms with Gasteiger partial charge in [0.25, 0.3) is 0 Å². The zero-order valence-electron chi connectivity index (χ0n) is 4.72. The summed E-state index contributed by atoms with van der Waals surface area (Å²) >= 11 is 0. The maximum atomic E-state index is 11.7. The van der Waals surface area contributed by atoms with Crippen molar-refractivity contribution in [2.24, 2.45) is 4.99 Å². The van der Waals surface area contributed by atoms with Gasteiger partial charge in [-0.15, -0.1) is 0 Å². The number of nitrogens with zero attached hydrogens (tertiary/aromatic N) is 1. The summed E-state index contributed by atoms with van der Waals surface area (Å²) in [6.07, 6.45) is 0. The molecule has 0 radical (unpaired) electrons. The minimum atomic E-state index is -0.405. The smallest absolute Gasteiger partial charge is 0.180 e. The number of hydrogen-bond donors (Lipinski definition) is 0. The molecule has 0 aliphatic carbocycles. The van der Waals surface area contributed by atoms with Gasteiger partial charge in [0, 0.05) is 6.92 Å². The minimum Gasteiger partial charge on any atom is -0.479 e. The second kappa shape index (κ2) is 2.11. The van der Waals surface area contributed by atoms with Crippen LogP contribution in [0.15, 0.2) is 4.99 Å². The number of alkyl halides is 1. The molecule has 0 saturated heterocycles. The predicted octanol–water partition coefficient (Wildman–Crippen LogP) is 0.773. The van der Waals surface area contributed by atoms with E-state index in [1.54, 1.807) is 6.92 Å². The molecule has 1 rings (SSSR count). The van der Waals surface area contributed by atoms with Crippen LogP contribution in [0.1, 0.15) is 6.92 Å². The molecule has 1 aliphatic heterocycles. The highest BCUT2D eigenvalue weighted by molar-refractivity contribution is 5.74. The quantitative estimate of drug-likeness (QED) is 0.497. The third-order valence-corrected chi connectivity index (χ3v) is 1.03. The van der Waals surface area contributed by atoms with Crippen molar-refractivity contribution in [1.29, 1.82) is 0 Å². The van der Waals surface area contributed by atoms with Gasteiger partial charge in [-0.05, 0) is 0 Å². The number of hydrogen-bond acceptors (Lipinski definition) is 2. The Morgan fingerprint density at radius 3 is 3.00 bits per heavy atom. The summed E-state index contributed by atoms with van der Waals surface area (Å²) in [6, 6.07) is -0.227. The number of halogens is 1. The average Bonchev–Trinajstić information content (AvgIpc) is 2.14. The van der Waals surface area contributed by atoms with E-state index in [0.717, 1.165) is 0 Å². The second-order valence-electron chi connectivity index (χ2n) is 1.77. The van der Waals surface area contributed by atoms with Crippen molar-refractivity contribution in [3.63, 3.8) is 0 Å². The molecule has 3 heteroatoms. The Morgan fingerprint density at radius 1 is 2.00 bits per heavy atom. The molecule has 0 N–H and O–H groups in total. The molecule has 46 valence electrons. The first kappa shape index (κ1) is 5.54. The van der Waals surface area contributed by atoms with Gasteiger partial charge >= 0.3 is 0 Å². The van der Waals surface area contributed by atoms with E-state index in [1.807, 2.05) is 0 Å². The van der Waals surface area contributed by atoms with Crippen molar-refractivity contribution in [3.8, 4) is 0 Å². The van der Waals surface area contributed by atoms with Crippen LogP contribution in [-0.4, -0.2) is 25.2 Å². The Morgan fingerprint density at radius 2 is 2.75 bits per heavy atom. The lowest BCUT2D eigenvalue weighted by Gasteiger charge is -1.93. The summed E-state index contributed by atoms with van der Waals surface area (Å²) in [5.41, 5.74) is 0. The van der Waals surface area contributed by atoms with Crippen molar-refractivity contribution in [2.75, 3.05) is 13.3 Å². The fourth-order valence-electron chi connectivity index (χ4n) is 0.627. The molecule has 0 bridgehead atoms. The van der Waals surface area contributed by atoms with E-state index in [-0.39, 0.29) is 6.04 Å². The molecule has 1 atom stereocenters. The molecular weight excluding hydrogens is 109 g/mol. The van der Waals surface area contributed by atoms with Crippen LogP contribution in [0, 0.1) is 0 Å². The molecular formula is C5H8FNO. The van der Waals surface area contributed by atoms with Crippen molar-refractivity contribution >= 4 is 5.90 Å². The van der Waals surface area contributed by atoms with Crippen LogP contribution in [0.5, 0.6) is 0 Å². The van der Waals surface area contributed by atoms with Gasteiger partial charge in [0.15, 0.2) is 5.90 Å². The van der Waals surface area contributed by atoms with Gasteiger partial charge in [0.2, 0.25) is 0 Å². The van der Waals surface area contributed by atoms with Gasteiger partial charge in [-0.1, -0.05) is 0 Å². The molecule has 0 aromatic heterocycles. The molecule has 0 aromatic carbocycles. The third-order valence-electron chi connectivity index (χ3n) is 1.03. The SMILES string of the molecule is CC1=NC(CF)CO1. The largest absolute Gasteiger partial charge is 0.479 e. The van der Waals surface area contributed by atoms with Crippen LogP contribution in [0.2, 0.25) is 0 Å². The Bertz CT molecular complexity index is 113. The van der Waals surface area contributed by atoms with Crippen LogP contribution in [0.3, 0.4) is 0 Å². The summed E-state index contributed by atoms with van der Waals surface area (Å²) in [6.45, 7) is 1.75. The van der Waals surface area contributed by atoms with E-state index in [2.05, 4.69) is 4.99 Å². The summed E-state index contributed by atoms with van der Waals surface area (Å²) in [5, 5.41) is 0. The first-order valence-electron chi connectivity index (χ1n) is 2.56. The second-order valence-corrected chi connectivity index (χ2v) is 1.77. The Balaban J connectivity index is 2.41. The lowest BCUT2D eigenvalue weighted by molar-refractivity contribution is 0.290. The molecule has 2 nitrogen and oxygen atoms in total. The zero-order valence-corrected chi connectivity index (χ0v) is 4.72. The fourth-order valence-corrected chi connectivity index (χ4v) is 0.627.